The molecule has 0 saturated carbocycles. The fourth-order valence-corrected chi connectivity index (χ4v) is 5.43. The van der Waals surface area contributed by atoms with Gasteiger partial charge in [0, 0.05) is 11.6 Å². The van der Waals surface area contributed by atoms with Gasteiger partial charge < -0.3 is 29.0 Å². The molecule has 15 nitrogen and oxygen atoms in total. The minimum Gasteiger partial charge on any atom is -0.478 e. The van der Waals surface area contributed by atoms with E-state index < -0.39 is 71.2 Å². The topological polar surface area (TPSA) is 202 Å². The van der Waals surface area contributed by atoms with Crippen LogP contribution in [-0.2, 0) is 30.3 Å². The van der Waals surface area contributed by atoms with Gasteiger partial charge in [0.1, 0.15) is 29.1 Å². The molecule has 0 saturated heterocycles. The summed E-state index contributed by atoms with van der Waals surface area (Å²) in [6.07, 6.45) is -1.94. The molecule has 3 aromatic rings. The molecule has 57 heavy (non-hydrogen) atoms. The lowest BCUT2D eigenvalue weighted by atomic mass is 9.98. The van der Waals surface area contributed by atoms with E-state index >= 15 is 0 Å². The van der Waals surface area contributed by atoms with E-state index in [9.17, 15) is 33.9 Å². The van der Waals surface area contributed by atoms with Crippen LogP contribution in [0, 0.1) is 5.41 Å². The quantitative estimate of drug-likeness (QED) is 0.0590. The molecular formula is C41H49ClN4O11. The number of hydrogen-bond acceptors (Lipinski definition) is 11. The average Bonchev–Trinajstić information content (AvgIpc) is 3.05. The number of anilines is 1. The van der Waals surface area contributed by atoms with E-state index in [1.165, 1.54) is 59.5 Å². The molecule has 0 heterocycles. The van der Waals surface area contributed by atoms with Crippen LogP contribution in [0.15, 0.2) is 66.7 Å². The minimum atomic E-state index is -1.14. The van der Waals surface area contributed by atoms with Gasteiger partial charge in [0.15, 0.2) is 0 Å². The smallest absolute Gasteiger partial charge is 0.421 e. The summed E-state index contributed by atoms with van der Waals surface area (Å²) in [4.78, 5) is 79.0. The van der Waals surface area contributed by atoms with Crippen molar-refractivity contribution in [2.75, 3.05) is 11.4 Å². The van der Waals surface area contributed by atoms with E-state index in [0.717, 1.165) is 4.90 Å². The van der Waals surface area contributed by atoms with Crippen molar-refractivity contribution in [3.8, 4) is 5.75 Å². The van der Waals surface area contributed by atoms with Crippen LogP contribution in [0.2, 0.25) is 5.02 Å². The van der Waals surface area contributed by atoms with Crippen molar-refractivity contribution in [1.29, 1.82) is 5.41 Å². The highest BCUT2D eigenvalue weighted by Gasteiger charge is 2.31. The third kappa shape index (κ3) is 14.2. The third-order valence-corrected chi connectivity index (χ3v) is 7.73. The van der Waals surface area contributed by atoms with E-state index in [-0.39, 0.29) is 34.1 Å². The summed E-state index contributed by atoms with van der Waals surface area (Å²) in [6.45, 7) is 16.0. The second kappa shape index (κ2) is 18.3. The molecule has 1 unspecified atom stereocenters. The van der Waals surface area contributed by atoms with Crippen LogP contribution >= 0.6 is 11.6 Å². The Labute approximate surface area is 336 Å². The van der Waals surface area contributed by atoms with Crippen LogP contribution in [0.1, 0.15) is 107 Å². The molecular weight excluding hydrogens is 760 g/mol. The first kappa shape index (κ1) is 45.4. The minimum absolute atomic E-state index is 0.0187. The van der Waals surface area contributed by atoms with Crippen LogP contribution in [0.25, 0.3) is 0 Å². The number of guanidine groups is 1. The Morgan fingerprint density at radius 1 is 0.789 bits per heavy atom. The number of carboxylic acids is 1. The lowest BCUT2D eigenvalue weighted by molar-refractivity contribution is -0.159. The number of ether oxygens (including phenoxy) is 4. The first-order valence-corrected chi connectivity index (χ1v) is 18.2. The van der Waals surface area contributed by atoms with Gasteiger partial charge >= 0.3 is 30.1 Å². The van der Waals surface area contributed by atoms with E-state index in [0.29, 0.717) is 11.1 Å². The van der Waals surface area contributed by atoms with E-state index in [1.54, 1.807) is 81.4 Å². The first-order valence-electron chi connectivity index (χ1n) is 17.8. The summed E-state index contributed by atoms with van der Waals surface area (Å²) in [5.41, 5.74) is -1.62. The molecule has 3 rings (SSSR count). The number of benzene rings is 3. The Hall–Kier alpha value is -5.96. The number of carboxylic acid groups (broad SMARTS) is 1. The zero-order chi connectivity index (χ0) is 43.0. The van der Waals surface area contributed by atoms with Crippen molar-refractivity contribution in [3.63, 3.8) is 0 Å². The molecule has 0 radical (unpaired) electrons. The molecule has 0 aliphatic heterocycles. The van der Waals surface area contributed by atoms with Gasteiger partial charge in [-0.1, -0.05) is 29.8 Å². The van der Waals surface area contributed by atoms with Crippen molar-refractivity contribution in [2.24, 2.45) is 0 Å². The molecule has 306 valence electrons. The lowest BCUT2D eigenvalue weighted by Gasteiger charge is -2.28. The molecule has 0 aliphatic rings. The van der Waals surface area contributed by atoms with E-state index in [2.05, 4.69) is 5.32 Å². The number of aromatic carboxylic acids is 1. The Kier molecular flexibility index (Phi) is 14.6. The Balaban J connectivity index is 1.81. The van der Waals surface area contributed by atoms with Gasteiger partial charge in [-0.15, -0.1) is 0 Å². The number of carbonyl (C=O) groups excluding carboxylic acids is 5. The maximum absolute atomic E-state index is 13.9. The molecule has 0 fully saturated rings. The predicted octanol–water partition coefficient (Wildman–Crippen LogP) is 7.93. The fourth-order valence-electron chi connectivity index (χ4n) is 5.10. The van der Waals surface area contributed by atoms with Gasteiger partial charge in [0.25, 0.3) is 0 Å². The maximum Gasteiger partial charge on any atom is 0.421 e. The standard InChI is InChI=1S/C41H49ClN4O11/c1-24(33(48)45(23-32(47)55-39(2,3)4)22-25-12-11-13-27(20-25)34(49)50)30-19-18-29(21-31(30)42)54-35(51)26-14-16-28(17-15-26)46(38(53)57-41(8,9)10)36(43)44-37(52)56-40(5,6)7/h11-21,24H,22-23H2,1-10H3,(H,49,50)(H2,43,44,52). The maximum atomic E-state index is 13.9. The van der Waals surface area contributed by atoms with Gasteiger partial charge in [-0.05, 0) is 129 Å². The monoisotopic (exact) mass is 808 g/mol. The van der Waals surface area contributed by atoms with E-state index in [1.807, 2.05) is 0 Å². The zero-order valence-corrected chi connectivity index (χ0v) is 34.4. The number of hydrogen-bond donors (Lipinski definition) is 3. The summed E-state index contributed by atoms with van der Waals surface area (Å²) in [6, 6.07) is 15.7. The van der Waals surface area contributed by atoms with Gasteiger partial charge in [-0.25, -0.2) is 24.1 Å². The Morgan fingerprint density at radius 3 is 1.93 bits per heavy atom. The summed E-state index contributed by atoms with van der Waals surface area (Å²) in [7, 11) is 0. The molecule has 0 bridgehead atoms. The number of nitrogens with one attached hydrogen (secondary N) is 2. The molecule has 0 aliphatic carbocycles. The Bertz CT molecular complexity index is 2010. The lowest BCUT2D eigenvalue weighted by Crippen LogP contribution is -2.49. The number of nitrogens with zero attached hydrogens (tertiary/aromatic N) is 2. The highest BCUT2D eigenvalue weighted by atomic mass is 35.5. The predicted molar refractivity (Wildman–Crippen MR) is 212 cm³/mol. The van der Waals surface area contributed by atoms with Crippen LogP contribution < -0.4 is 15.0 Å². The van der Waals surface area contributed by atoms with Crippen molar-refractivity contribution in [1.82, 2.24) is 10.2 Å². The van der Waals surface area contributed by atoms with Gasteiger partial charge in [-0.3, -0.25) is 20.3 Å². The average molecular weight is 809 g/mol. The van der Waals surface area contributed by atoms with Crippen molar-refractivity contribution >= 4 is 59.2 Å². The largest absolute Gasteiger partial charge is 0.478 e. The number of amides is 3. The normalized spacial score (nSPS) is 12.1. The van der Waals surface area contributed by atoms with Crippen LogP contribution in [0.3, 0.4) is 0 Å². The summed E-state index contributed by atoms with van der Waals surface area (Å²) in [5.74, 6) is -4.60. The number of rotatable bonds is 10. The van der Waals surface area contributed by atoms with Gasteiger partial charge in [0.2, 0.25) is 11.9 Å². The number of halogens is 1. The van der Waals surface area contributed by atoms with Crippen molar-refractivity contribution < 1.29 is 52.8 Å². The molecule has 3 N–H and O–H groups in total. The summed E-state index contributed by atoms with van der Waals surface area (Å²) < 4.78 is 21.6. The molecule has 16 heteroatoms. The van der Waals surface area contributed by atoms with E-state index in [4.69, 9.17) is 36.0 Å². The van der Waals surface area contributed by atoms with Gasteiger partial charge in [0.05, 0.1) is 22.7 Å². The SMILES string of the molecule is CC(C(=O)N(CC(=O)OC(C)(C)C)Cc1cccc(C(=O)O)c1)c1ccc(OC(=O)c2ccc(N(C(=N)NC(=O)OC(C)(C)C)C(=O)OC(C)(C)C)cc2)cc1Cl. The molecule has 1 atom stereocenters. The van der Waals surface area contributed by atoms with Crippen LogP contribution in [0.5, 0.6) is 5.75 Å². The first-order chi connectivity index (χ1) is 26.2. The summed E-state index contributed by atoms with van der Waals surface area (Å²) >= 11 is 6.62. The number of alkyl carbamates (subject to hydrolysis) is 1. The highest BCUT2D eigenvalue weighted by Crippen LogP contribution is 2.31. The van der Waals surface area contributed by atoms with Gasteiger partial charge in [-0.2, -0.15) is 0 Å². The number of esters is 2. The molecule has 0 aromatic heterocycles. The van der Waals surface area contributed by atoms with Crippen molar-refractivity contribution in [2.45, 2.75) is 98.5 Å². The van der Waals surface area contributed by atoms with Crippen molar-refractivity contribution in [3.05, 3.63) is 94.0 Å². The molecule has 0 spiro atoms. The van der Waals surface area contributed by atoms with Crippen LogP contribution in [-0.4, -0.2) is 75.3 Å². The Morgan fingerprint density at radius 2 is 1.39 bits per heavy atom. The summed E-state index contributed by atoms with van der Waals surface area (Å²) in [5, 5.41) is 20.2. The second-order valence-electron chi connectivity index (χ2n) is 15.9. The molecule has 3 amide bonds. The highest BCUT2D eigenvalue weighted by molar-refractivity contribution is 6.31. The van der Waals surface area contributed by atoms with Crippen LogP contribution in [0.4, 0.5) is 15.3 Å². The molecule has 3 aromatic carbocycles. The second-order valence-corrected chi connectivity index (χ2v) is 16.3. The third-order valence-electron chi connectivity index (χ3n) is 7.40. The fraction of sp³-hybridized carbons (Fsp3) is 0.390. The zero-order valence-electron chi connectivity index (χ0n) is 33.6. The number of carbonyl (C=O) groups is 6.